The molecule has 0 amide bonds. The van der Waals surface area contributed by atoms with Crippen molar-refractivity contribution >= 4 is 35.0 Å². The first-order chi connectivity index (χ1) is 10.1. The standard InChI is InChI=1S/C13H13Cl2N5O/c14-9-3-1-2-8(10(9)15)11-12(16)17-13(19-18-11)20-5-4-7(21)6-20/h1-3,7,21H,4-6H2,(H2,16,17,19)/t7-/m0/s1. The van der Waals surface area contributed by atoms with Crippen LogP contribution in [-0.4, -0.2) is 39.5 Å². The van der Waals surface area contributed by atoms with E-state index in [4.69, 9.17) is 28.9 Å². The number of β-amino-alcohol motifs (C(OH)–C–C–N with tert-alkyl or cyclic N) is 1. The van der Waals surface area contributed by atoms with E-state index >= 15 is 0 Å². The first-order valence-corrected chi connectivity index (χ1v) is 7.19. The zero-order valence-electron chi connectivity index (χ0n) is 11.0. The average Bonchev–Trinajstić information content (AvgIpc) is 2.89. The summed E-state index contributed by atoms with van der Waals surface area (Å²) in [7, 11) is 0. The number of nitrogen functional groups attached to an aromatic ring is 1. The Hall–Kier alpha value is -1.63. The second-order valence-corrected chi connectivity index (χ2v) is 5.62. The fourth-order valence-electron chi connectivity index (χ4n) is 2.26. The summed E-state index contributed by atoms with van der Waals surface area (Å²) in [5.41, 5.74) is 6.96. The third-order valence-corrected chi connectivity index (χ3v) is 4.17. The zero-order valence-corrected chi connectivity index (χ0v) is 12.5. The minimum absolute atomic E-state index is 0.227. The van der Waals surface area contributed by atoms with Crippen LogP contribution in [0.2, 0.25) is 10.0 Å². The molecule has 110 valence electrons. The third kappa shape index (κ3) is 2.74. The van der Waals surface area contributed by atoms with E-state index in [1.165, 1.54) is 0 Å². The van der Waals surface area contributed by atoms with Crippen molar-refractivity contribution in [2.75, 3.05) is 23.7 Å². The molecule has 21 heavy (non-hydrogen) atoms. The second kappa shape index (κ2) is 5.63. The number of nitrogens with zero attached hydrogens (tertiary/aromatic N) is 4. The quantitative estimate of drug-likeness (QED) is 0.877. The summed E-state index contributed by atoms with van der Waals surface area (Å²) in [5.74, 6) is 0.636. The van der Waals surface area contributed by atoms with E-state index in [1.807, 2.05) is 4.90 Å². The Morgan fingerprint density at radius 1 is 1.29 bits per heavy atom. The molecular weight excluding hydrogens is 313 g/mol. The van der Waals surface area contributed by atoms with Crippen molar-refractivity contribution in [1.29, 1.82) is 0 Å². The van der Waals surface area contributed by atoms with Crippen molar-refractivity contribution in [2.45, 2.75) is 12.5 Å². The smallest absolute Gasteiger partial charge is 0.247 e. The summed E-state index contributed by atoms with van der Waals surface area (Å²) in [5, 5.41) is 18.5. The van der Waals surface area contributed by atoms with Crippen LogP contribution in [0.5, 0.6) is 0 Å². The van der Waals surface area contributed by atoms with Gasteiger partial charge in [-0.1, -0.05) is 35.3 Å². The minimum Gasteiger partial charge on any atom is -0.391 e. The molecule has 0 spiro atoms. The largest absolute Gasteiger partial charge is 0.391 e. The number of hydrogen-bond acceptors (Lipinski definition) is 6. The number of aliphatic hydroxyl groups excluding tert-OH is 1. The van der Waals surface area contributed by atoms with E-state index in [1.54, 1.807) is 18.2 Å². The number of nitrogens with two attached hydrogens (primary N) is 1. The van der Waals surface area contributed by atoms with Gasteiger partial charge in [0.15, 0.2) is 5.82 Å². The van der Waals surface area contributed by atoms with Gasteiger partial charge in [-0.2, -0.15) is 4.98 Å². The van der Waals surface area contributed by atoms with Crippen molar-refractivity contribution in [3.8, 4) is 11.3 Å². The molecule has 1 aromatic heterocycles. The highest BCUT2D eigenvalue weighted by molar-refractivity contribution is 6.43. The van der Waals surface area contributed by atoms with Crippen LogP contribution < -0.4 is 10.6 Å². The number of aromatic nitrogens is 3. The topological polar surface area (TPSA) is 88.2 Å². The van der Waals surface area contributed by atoms with Gasteiger partial charge in [-0.05, 0) is 12.5 Å². The molecule has 1 aromatic carbocycles. The lowest BCUT2D eigenvalue weighted by Gasteiger charge is -2.15. The van der Waals surface area contributed by atoms with E-state index in [9.17, 15) is 5.11 Å². The van der Waals surface area contributed by atoms with Gasteiger partial charge in [-0.15, -0.1) is 10.2 Å². The van der Waals surface area contributed by atoms with Crippen LogP contribution in [0.3, 0.4) is 0 Å². The zero-order chi connectivity index (χ0) is 15.0. The molecule has 1 atom stereocenters. The van der Waals surface area contributed by atoms with E-state index in [2.05, 4.69) is 15.2 Å². The van der Waals surface area contributed by atoms with Gasteiger partial charge < -0.3 is 15.7 Å². The molecular formula is C13H13Cl2N5O. The van der Waals surface area contributed by atoms with Crippen molar-refractivity contribution < 1.29 is 5.11 Å². The number of halogens is 2. The predicted octanol–water partition coefficient (Wildman–Crippen LogP) is 2.00. The fraction of sp³-hybridized carbons (Fsp3) is 0.308. The van der Waals surface area contributed by atoms with Crippen LogP contribution in [0.25, 0.3) is 11.3 Å². The highest BCUT2D eigenvalue weighted by Gasteiger charge is 2.24. The molecule has 8 heteroatoms. The maximum Gasteiger partial charge on any atom is 0.247 e. The van der Waals surface area contributed by atoms with Crippen molar-refractivity contribution in [2.24, 2.45) is 0 Å². The monoisotopic (exact) mass is 325 g/mol. The molecule has 0 unspecified atom stereocenters. The molecule has 1 saturated heterocycles. The number of aliphatic hydroxyl groups is 1. The van der Waals surface area contributed by atoms with E-state index in [0.717, 1.165) is 0 Å². The Morgan fingerprint density at radius 2 is 2.10 bits per heavy atom. The molecule has 0 aliphatic carbocycles. The molecule has 1 aliphatic heterocycles. The third-order valence-electron chi connectivity index (χ3n) is 3.36. The van der Waals surface area contributed by atoms with Gasteiger partial charge in [-0.25, -0.2) is 0 Å². The molecule has 1 aliphatic rings. The van der Waals surface area contributed by atoms with Gasteiger partial charge in [0, 0.05) is 18.7 Å². The normalized spacial score (nSPS) is 18.2. The SMILES string of the molecule is Nc1nc(N2CC[C@H](O)C2)nnc1-c1cccc(Cl)c1Cl. The highest BCUT2D eigenvalue weighted by atomic mass is 35.5. The van der Waals surface area contributed by atoms with E-state index in [-0.39, 0.29) is 11.9 Å². The fourth-order valence-corrected chi connectivity index (χ4v) is 2.65. The van der Waals surface area contributed by atoms with Crippen molar-refractivity contribution in [1.82, 2.24) is 15.2 Å². The van der Waals surface area contributed by atoms with Crippen LogP contribution in [0.15, 0.2) is 18.2 Å². The van der Waals surface area contributed by atoms with Gasteiger partial charge in [0.25, 0.3) is 0 Å². The molecule has 0 saturated carbocycles. The van der Waals surface area contributed by atoms with Crippen LogP contribution >= 0.6 is 23.2 Å². The predicted molar refractivity (Wildman–Crippen MR) is 82.5 cm³/mol. The van der Waals surface area contributed by atoms with Crippen LogP contribution in [0.4, 0.5) is 11.8 Å². The maximum atomic E-state index is 9.55. The Kier molecular flexibility index (Phi) is 3.84. The summed E-state index contributed by atoms with van der Waals surface area (Å²) in [6, 6.07) is 5.20. The number of hydrogen-bond donors (Lipinski definition) is 2. The average molecular weight is 326 g/mol. The Balaban J connectivity index is 1.96. The molecule has 3 N–H and O–H groups in total. The van der Waals surface area contributed by atoms with Gasteiger partial charge >= 0.3 is 0 Å². The van der Waals surface area contributed by atoms with E-state index < -0.39 is 0 Å². The van der Waals surface area contributed by atoms with Gasteiger partial charge in [-0.3, -0.25) is 0 Å². The van der Waals surface area contributed by atoms with Crippen molar-refractivity contribution in [3.05, 3.63) is 28.2 Å². The van der Waals surface area contributed by atoms with Crippen molar-refractivity contribution in [3.63, 3.8) is 0 Å². The lowest BCUT2D eigenvalue weighted by Crippen LogP contribution is -2.24. The molecule has 2 aromatic rings. The summed E-state index contributed by atoms with van der Waals surface area (Å²) in [6.07, 6.45) is 0.322. The van der Waals surface area contributed by atoms with Gasteiger partial charge in [0.2, 0.25) is 5.95 Å². The molecule has 1 fully saturated rings. The van der Waals surface area contributed by atoms with Gasteiger partial charge in [0.05, 0.1) is 16.1 Å². The Bertz CT molecular complexity index is 682. The summed E-state index contributed by atoms with van der Waals surface area (Å²) >= 11 is 12.1. The van der Waals surface area contributed by atoms with Crippen LogP contribution in [0.1, 0.15) is 6.42 Å². The summed E-state index contributed by atoms with van der Waals surface area (Å²) in [4.78, 5) is 6.10. The number of anilines is 2. The lowest BCUT2D eigenvalue weighted by atomic mass is 10.1. The Labute approximate surface area is 131 Å². The summed E-state index contributed by atoms with van der Waals surface area (Å²) in [6.45, 7) is 1.16. The van der Waals surface area contributed by atoms with E-state index in [0.29, 0.717) is 46.8 Å². The second-order valence-electron chi connectivity index (χ2n) is 4.84. The minimum atomic E-state index is -0.364. The molecule has 0 radical (unpaired) electrons. The highest BCUT2D eigenvalue weighted by Crippen LogP contribution is 2.34. The Morgan fingerprint density at radius 3 is 2.76 bits per heavy atom. The molecule has 6 nitrogen and oxygen atoms in total. The lowest BCUT2D eigenvalue weighted by molar-refractivity contribution is 0.198. The first kappa shape index (κ1) is 14.3. The van der Waals surface area contributed by atoms with Crippen LogP contribution in [-0.2, 0) is 0 Å². The number of rotatable bonds is 2. The molecule has 2 heterocycles. The first-order valence-electron chi connectivity index (χ1n) is 6.44. The maximum absolute atomic E-state index is 9.55. The summed E-state index contributed by atoms with van der Waals surface area (Å²) < 4.78 is 0. The van der Waals surface area contributed by atoms with Crippen LogP contribution in [0, 0.1) is 0 Å². The molecule has 3 rings (SSSR count). The number of benzene rings is 1. The molecule has 0 bridgehead atoms. The van der Waals surface area contributed by atoms with Gasteiger partial charge in [0.1, 0.15) is 5.69 Å².